The molecule has 0 atom stereocenters. The summed E-state index contributed by atoms with van der Waals surface area (Å²) in [5.74, 6) is -1.11. The molecule has 0 heterocycles. The fourth-order valence-electron chi connectivity index (χ4n) is 1.81. The first-order valence-corrected chi connectivity index (χ1v) is 8.97. The number of halogens is 3. The van der Waals surface area contributed by atoms with Crippen LogP contribution in [0.25, 0.3) is 0 Å². The second kappa shape index (κ2) is 9.65. The van der Waals surface area contributed by atoms with Crippen molar-refractivity contribution < 1.29 is 18.7 Å². The zero-order chi connectivity index (χ0) is 18.2. The van der Waals surface area contributed by atoms with Crippen molar-refractivity contribution in [2.75, 3.05) is 18.9 Å². The average molecular weight is 402 g/mol. The van der Waals surface area contributed by atoms with Gasteiger partial charge in [-0.2, -0.15) is 0 Å². The maximum absolute atomic E-state index is 12.9. The highest BCUT2D eigenvalue weighted by Crippen LogP contribution is 2.20. The van der Waals surface area contributed by atoms with Crippen molar-refractivity contribution in [2.24, 2.45) is 0 Å². The van der Waals surface area contributed by atoms with Crippen molar-refractivity contribution in [1.29, 1.82) is 0 Å². The zero-order valence-corrected chi connectivity index (χ0v) is 15.3. The summed E-state index contributed by atoms with van der Waals surface area (Å²) in [6.07, 6.45) is 0. The van der Waals surface area contributed by atoms with Gasteiger partial charge in [-0.15, -0.1) is 11.8 Å². The number of esters is 1. The van der Waals surface area contributed by atoms with Crippen LogP contribution >= 0.6 is 35.0 Å². The Morgan fingerprint density at radius 1 is 1.12 bits per heavy atom. The van der Waals surface area contributed by atoms with E-state index >= 15 is 0 Å². The first kappa shape index (κ1) is 19.6. The Hall–Kier alpha value is -1.76. The highest BCUT2D eigenvalue weighted by Gasteiger charge is 2.14. The van der Waals surface area contributed by atoms with Crippen LogP contribution in [0.15, 0.2) is 47.4 Å². The Morgan fingerprint density at radius 3 is 2.52 bits per heavy atom. The summed E-state index contributed by atoms with van der Waals surface area (Å²) < 4.78 is 17.8. The standard InChI is InChI=1S/C17H14Cl2FNO3S/c18-11-1-4-13(5-2-11)25-8-7-21-16(22)10-24-17(23)14-6-3-12(20)9-15(14)19/h1-6,9H,7-8,10H2,(H,21,22). The monoisotopic (exact) mass is 401 g/mol. The molecule has 132 valence electrons. The third kappa shape index (κ3) is 6.57. The lowest BCUT2D eigenvalue weighted by Gasteiger charge is -2.07. The molecule has 2 aromatic rings. The number of carbonyl (C=O) groups excluding carboxylic acids is 2. The Bertz CT molecular complexity index is 756. The maximum atomic E-state index is 12.9. The first-order valence-electron chi connectivity index (χ1n) is 7.23. The summed E-state index contributed by atoms with van der Waals surface area (Å²) >= 11 is 13.1. The number of benzene rings is 2. The van der Waals surface area contributed by atoms with Gasteiger partial charge >= 0.3 is 5.97 Å². The fraction of sp³-hybridized carbons (Fsp3) is 0.176. The van der Waals surface area contributed by atoms with Gasteiger partial charge in [0.2, 0.25) is 0 Å². The van der Waals surface area contributed by atoms with E-state index in [4.69, 9.17) is 27.9 Å². The molecular formula is C17H14Cl2FNO3S. The number of amides is 1. The van der Waals surface area contributed by atoms with Gasteiger partial charge in [0.25, 0.3) is 5.91 Å². The summed E-state index contributed by atoms with van der Waals surface area (Å²) in [5.41, 5.74) is 0.00848. The summed E-state index contributed by atoms with van der Waals surface area (Å²) in [5, 5.41) is 3.24. The van der Waals surface area contributed by atoms with Crippen molar-refractivity contribution in [3.63, 3.8) is 0 Å². The normalized spacial score (nSPS) is 10.4. The number of carbonyl (C=O) groups is 2. The second-order valence-electron chi connectivity index (χ2n) is 4.85. The van der Waals surface area contributed by atoms with Gasteiger partial charge in [0, 0.05) is 22.2 Å². The number of hydrogen-bond donors (Lipinski definition) is 1. The Labute approximate surface area is 158 Å². The zero-order valence-electron chi connectivity index (χ0n) is 12.9. The van der Waals surface area contributed by atoms with Gasteiger partial charge in [-0.25, -0.2) is 9.18 Å². The van der Waals surface area contributed by atoms with Crippen LogP contribution in [-0.2, 0) is 9.53 Å². The maximum Gasteiger partial charge on any atom is 0.340 e. The molecule has 1 N–H and O–H groups in total. The predicted molar refractivity (Wildman–Crippen MR) is 96.9 cm³/mol. The molecule has 0 aliphatic carbocycles. The van der Waals surface area contributed by atoms with Crippen molar-refractivity contribution >= 4 is 46.8 Å². The minimum Gasteiger partial charge on any atom is -0.452 e. The van der Waals surface area contributed by atoms with Crippen LogP contribution in [0, 0.1) is 5.82 Å². The predicted octanol–water partition coefficient (Wildman–Crippen LogP) is 4.20. The molecule has 0 saturated heterocycles. The largest absolute Gasteiger partial charge is 0.452 e. The van der Waals surface area contributed by atoms with Crippen LogP contribution in [0.4, 0.5) is 4.39 Å². The Kier molecular flexibility index (Phi) is 7.55. The molecule has 25 heavy (non-hydrogen) atoms. The average Bonchev–Trinajstić information content (AvgIpc) is 2.58. The molecule has 0 radical (unpaired) electrons. The van der Waals surface area contributed by atoms with E-state index in [0.29, 0.717) is 17.3 Å². The van der Waals surface area contributed by atoms with Crippen molar-refractivity contribution in [3.05, 3.63) is 63.9 Å². The summed E-state index contributed by atoms with van der Waals surface area (Å²) in [6.45, 7) is -0.0148. The molecule has 0 aliphatic rings. The lowest BCUT2D eigenvalue weighted by atomic mass is 10.2. The molecule has 4 nitrogen and oxygen atoms in total. The van der Waals surface area contributed by atoms with E-state index in [1.165, 1.54) is 6.07 Å². The minimum absolute atomic E-state index is 0.00848. The van der Waals surface area contributed by atoms with Gasteiger partial charge in [-0.3, -0.25) is 4.79 Å². The molecule has 0 spiro atoms. The SMILES string of the molecule is O=C(COC(=O)c1ccc(F)cc1Cl)NCCSc1ccc(Cl)cc1. The fourth-order valence-corrected chi connectivity index (χ4v) is 2.94. The summed E-state index contributed by atoms with van der Waals surface area (Å²) in [7, 11) is 0. The summed E-state index contributed by atoms with van der Waals surface area (Å²) in [4.78, 5) is 24.5. The quantitative estimate of drug-likeness (QED) is 0.429. The van der Waals surface area contributed by atoms with Crippen LogP contribution in [-0.4, -0.2) is 30.8 Å². The van der Waals surface area contributed by atoms with Crippen LogP contribution < -0.4 is 5.32 Å². The van der Waals surface area contributed by atoms with E-state index < -0.39 is 24.3 Å². The molecule has 8 heteroatoms. The number of nitrogens with one attached hydrogen (secondary N) is 1. The van der Waals surface area contributed by atoms with Crippen molar-refractivity contribution in [1.82, 2.24) is 5.32 Å². The van der Waals surface area contributed by atoms with Gasteiger partial charge in [0.1, 0.15) is 5.82 Å². The number of hydrogen-bond acceptors (Lipinski definition) is 4. The topological polar surface area (TPSA) is 55.4 Å². The van der Waals surface area contributed by atoms with E-state index in [2.05, 4.69) is 5.32 Å². The van der Waals surface area contributed by atoms with E-state index in [-0.39, 0.29) is 10.6 Å². The van der Waals surface area contributed by atoms with E-state index in [0.717, 1.165) is 17.0 Å². The number of ether oxygens (including phenoxy) is 1. The van der Waals surface area contributed by atoms with Crippen LogP contribution in [0.1, 0.15) is 10.4 Å². The van der Waals surface area contributed by atoms with Gasteiger partial charge in [-0.05, 0) is 42.5 Å². The van der Waals surface area contributed by atoms with Crippen LogP contribution in [0.2, 0.25) is 10.0 Å². The number of rotatable bonds is 7. The van der Waals surface area contributed by atoms with E-state index in [1.807, 2.05) is 12.1 Å². The molecule has 0 aliphatic heterocycles. The highest BCUT2D eigenvalue weighted by molar-refractivity contribution is 7.99. The van der Waals surface area contributed by atoms with E-state index in [9.17, 15) is 14.0 Å². The Morgan fingerprint density at radius 2 is 1.84 bits per heavy atom. The van der Waals surface area contributed by atoms with Crippen molar-refractivity contribution in [3.8, 4) is 0 Å². The molecule has 2 rings (SSSR count). The molecular weight excluding hydrogens is 388 g/mol. The summed E-state index contributed by atoms with van der Waals surface area (Å²) in [6, 6.07) is 10.7. The molecule has 0 bridgehead atoms. The molecule has 0 fully saturated rings. The molecule has 2 aromatic carbocycles. The van der Waals surface area contributed by atoms with Gasteiger partial charge in [0.05, 0.1) is 10.6 Å². The molecule has 0 saturated carbocycles. The van der Waals surface area contributed by atoms with Crippen molar-refractivity contribution in [2.45, 2.75) is 4.90 Å². The minimum atomic E-state index is -0.782. The highest BCUT2D eigenvalue weighted by atomic mass is 35.5. The van der Waals surface area contributed by atoms with Gasteiger partial charge in [-0.1, -0.05) is 23.2 Å². The third-order valence-corrected chi connectivity index (χ3v) is 4.57. The smallest absolute Gasteiger partial charge is 0.340 e. The Balaban J connectivity index is 1.68. The molecule has 0 unspecified atom stereocenters. The lowest BCUT2D eigenvalue weighted by molar-refractivity contribution is -0.124. The third-order valence-electron chi connectivity index (χ3n) is 2.99. The van der Waals surface area contributed by atoms with E-state index in [1.54, 1.807) is 23.9 Å². The van der Waals surface area contributed by atoms with Gasteiger partial charge in [0.15, 0.2) is 6.61 Å². The first-order chi connectivity index (χ1) is 12.0. The van der Waals surface area contributed by atoms with Crippen LogP contribution in [0.3, 0.4) is 0 Å². The second-order valence-corrected chi connectivity index (χ2v) is 6.86. The lowest BCUT2D eigenvalue weighted by Crippen LogP contribution is -2.30. The molecule has 1 amide bonds. The molecule has 0 aromatic heterocycles. The van der Waals surface area contributed by atoms with Crippen LogP contribution in [0.5, 0.6) is 0 Å². The number of thioether (sulfide) groups is 1. The van der Waals surface area contributed by atoms with Gasteiger partial charge < -0.3 is 10.1 Å².